The Morgan fingerprint density at radius 2 is 1.45 bits per heavy atom. The normalized spacial score (nSPS) is 18.9. The number of aliphatic carboxylic acids is 1. The summed E-state index contributed by atoms with van der Waals surface area (Å²) in [5.41, 5.74) is 8.44. The van der Waals surface area contributed by atoms with Gasteiger partial charge >= 0.3 is 11.9 Å². The predicted octanol–water partition coefficient (Wildman–Crippen LogP) is 6.67. The van der Waals surface area contributed by atoms with Crippen molar-refractivity contribution in [2.75, 3.05) is 36.2 Å². The Morgan fingerprint density at radius 3 is 2.17 bits per heavy atom. The van der Waals surface area contributed by atoms with E-state index in [2.05, 4.69) is 47.9 Å². The first-order valence-electron chi connectivity index (χ1n) is 34.0. The summed E-state index contributed by atoms with van der Waals surface area (Å²) in [6.45, 7) is 6.70. The fourth-order valence-electron chi connectivity index (χ4n) is 12.9. The number of fused-ring (bicyclic) bond motifs is 9. The molecule has 3 aliphatic rings. The number of phenols is 2. The van der Waals surface area contributed by atoms with Crippen molar-refractivity contribution in [1.29, 1.82) is 5.41 Å². The molecule has 104 heavy (non-hydrogen) atoms. The van der Waals surface area contributed by atoms with Gasteiger partial charge in [-0.25, -0.2) is 9.59 Å². The van der Waals surface area contributed by atoms with Gasteiger partial charge < -0.3 is 78.4 Å². The summed E-state index contributed by atoms with van der Waals surface area (Å²) in [5, 5.41) is 65.3. The lowest BCUT2D eigenvalue weighted by molar-refractivity contribution is -0.141. The Bertz CT molecular complexity index is 4440. The highest BCUT2D eigenvalue weighted by molar-refractivity contribution is 7.98. The Kier molecular flexibility index (Phi) is 24.5. The largest absolute Gasteiger partial charge is 0.508 e. The topological polar surface area (TPSA) is 408 Å². The third-order valence-corrected chi connectivity index (χ3v) is 20.9. The quantitative estimate of drug-likeness (QED) is 0.0140. The summed E-state index contributed by atoms with van der Waals surface area (Å²) >= 11 is 1.27. The van der Waals surface area contributed by atoms with Crippen LogP contribution in [0, 0.1) is 18.3 Å². The highest BCUT2D eigenvalue weighted by Gasteiger charge is 2.54. The van der Waals surface area contributed by atoms with E-state index in [-0.39, 0.29) is 101 Å². The summed E-state index contributed by atoms with van der Waals surface area (Å²) in [5.74, 6) is -7.67. The second kappa shape index (κ2) is 33.8. The second-order valence-electron chi connectivity index (χ2n) is 26.4. The Balaban J connectivity index is 0.952. The van der Waals surface area contributed by atoms with Crippen LogP contribution >= 0.6 is 11.8 Å². The zero-order valence-electron chi connectivity index (χ0n) is 57.9. The number of ether oxygens (including phenoxy) is 2. The standard InChI is InChI=1S/C76H83N11O15S2/c1-41(2)31-61-72(97)85-58(17-10-29-79-75(77)78)69(94)80-37-66(91)83-62(73(98)99)39-103-38-44-11-8-12-45(32-44)40-104(5)30-28-60(71(96)87-61)86-70(95)59(26-27-65(90)82-48-20-18-42(3)53(34-48)68(93)81-43(4)51-16-9-14-46-13-6-7-15-52(46)51)84-67(92)47-19-23-55-54(33-47)74(100)102-76(55)56-24-21-49(88)35-63(56)101-64-36-50(89)22-25-57(64)76/h6-9,11-16,18-25,32-36,41,43,58-62H,10,17,26-31,37-40H2,1-5H3,(H14-,77,78,79,80,81,82,83,84,85,86,87,88,89,90,91,92,93,94,95,96,97,98,99)/p+1/t43?,58-,59-,60-,61-,62-,104?/m0/s1. The molecule has 28 heteroatoms. The minimum Gasteiger partial charge on any atom is -0.508 e. The average Bonchev–Trinajstić information content (AvgIpc) is 1.47. The molecule has 0 radical (unpaired) electrons. The van der Waals surface area contributed by atoms with Crippen molar-refractivity contribution in [1.82, 2.24) is 42.5 Å². The molecule has 10 rings (SSSR count). The zero-order chi connectivity index (χ0) is 74.5. The van der Waals surface area contributed by atoms with E-state index >= 15 is 9.59 Å². The number of nitrogens with two attached hydrogens (primary N) is 1. The van der Waals surface area contributed by atoms with Crippen LogP contribution in [0.15, 0.2) is 140 Å². The van der Waals surface area contributed by atoms with Crippen molar-refractivity contribution in [3.8, 4) is 23.0 Å². The SMILES string of the molecule is Cc1ccc(NC(=O)CC[C@H](NC(=O)c2ccc3c(c2)C(=O)OC32c3ccc(O)cc3Oc3cc(O)ccc32)C(=O)N[C@H]2CC[S+](C)Cc3cccc(c3)CSC[C@@H](C(=O)O)NC(=O)CNC(=O)[C@H](CCCNC(=N)N)NC(=O)[C@H](CC(C)C)NC2=O)cc1C(=O)NC(C)c1cccc2ccccc12. The van der Waals surface area contributed by atoms with Crippen molar-refractivity contribution in [3.63, 3.8) is 0 Å². The molecule has 8 amide bonds. The molecule has 26 nitrogen and oxygen atoms in total. The number of guanidine groups is 1. The van der Waals surface area contributed by atoms with Gasteiger partial charge in [0.2, 0.25) is 35.4 Å². The molecule has 544 valence electrons. The van der Waals surface area contributed by atoms with Gasteiger partial charge in [0.05, 0.1) is 24.4 Å². The van der Waals surface area contributed by atoms with Crippen molar-refractivity contribution < 1.29 is 72.7 Å². The van der Waals surface area contributed by atoms with Gasteiger partial charge in [0.1, 0.15) is 64.7 Å². The highest BCUT2D eigenvalue weighted by atomic mass is 32.2. The molecule has 0 saturated carbocycles. The number of carbonyl (C=O) groups is 10. The molecule has 3 heterocycles. The number of hydrogen-bond donors (Lipinski definition) is 14. The fraction of sp³-hybridized carbons (Fsp3) is 0.329. The van der Waals surface area contributed by atoms with Crippen LogP contribution in [0.5, 0.6) is 23.0 Å². The van der Waals surface area contributed by atoms with Gasteiger partial charge in [0.25, 0.3) is 11.8 Å². The van der Waals surface area contributed by atoms with E-state index in [4.69, 9.17) is 20.6 Å². The van der Waals surface area contributed by atoms with Gasteiger partial charge in [-0.1, -0.05) is 92.7 Å². The van der Waals surface area contributed by atoms with Gasteiger partial charge in [0.15, 0.2) is 11.6 Å². The van der Waals surface area contributed by atoms with Crippen molar-refractivity contribution in [2.24, 2.45) is 11.7 Å². The highest BCUT2D eigenvalue weighted by Crippen LogP contribution is 2.57. The van der Waals surface area contributed by atoms with E-state index < -0.39 is 131 Å². The molecule has 15 N–H and O–H groups in total. The number of carboxylic acid groups (broad SMARTS) is 1. The number of aryl methyl sites for hydroxylation is 1. The Morgan fingerprint density at radius 1 is 0.760 bits per heavy atom. The molecule has 3 aliphatic heterocycles. The van der Waals surface area contributed by atoms with Gasteiger partial charge in [-0.3, -0.25) is 43.8 Å². The first kappa shape index (κ1) is 75.5. The number of phenolic OH excluding ortho intramolecular Hbond substituents is 2. The molecule has 0 fully saturated rings. The summed E-state index contributed by atoms with van der Waals surface area (Å²) in [6, 6.07) is 31.5. The maximum Gasteiger partial charge on any atom is 0.340 e. The van der Waals surface area contributed by atoms with E-state index in [9.17, 15) is 53.7 Å². The minimum absolute atomic E-state index is 0.0132. The average molecular weight is 1460 g/mol. The van der Waals surface area contributed by atoms with Gasteiger partial charge in [-0.15, -0.1) is 0 Å². The monoisotopic (exact) mass is 1450 g/mol. The molecule has 7 atom stereocenters. The molecule has 0 aromatic heterocycles. The van der Waals surface area contributed by atoms with E-state index in [0.717, 1.165) is 27.5 Å². The molecule has 7 aromatic carbocycles. The number of carbonyl (C=O) groups excluding carboxylic acids is 9. The van der Waals surface area contributed by atoms with E-state index in [1.54, 1.807) is 32.9 Å². The first-order chi connectivity index (χ1) is 49.7. The Labute approximate surface area is 607 Å². The van der Waals surface area contributed by atoms with E-state index in [1.165, 1.54) is 72.4 Å². The molecule has 0 saturated heterocycles. The number of rotatable bonds is 18. The summed E-state index contributed by atoms with van der Waals surface area (Å²) in [4.78, 5) is 142. The number of amides is 8. The number of aromatic hydroxyl groups is 2. The fourth-order valence-corrected chi connectivity index (χ4v) is 15.4. The van der Waals surface area contributed by atoms with Crippen LogP contribution in [0.2, 0.25) is 0 Å². The van der Waals surface area contributed by atoms with Crippen LogP contribution in [0.25, 0.3) is 10.8 Å². The third kappa shape index (κ3) is 18.6. The van der Waals surface area contributed by atoms with Crippen molar-refractivity contribution in [2.45, 2.75) is 120 Å². The lowest BCUT2D eigenvalue weighted by Crippen LogP contribution is -2.59. The number of nitrogens with one attached hydrogen (secondary N) is 10. The molecule has 0 aliphatic carbocycles. The number of hydrogen-bond acceptors (Lipinski definition) is 16. The molecule has 7 aromatic rings. The van der Waals surface area contributed by atoms with Crippen LogP contribution in [0.3, 0.4) is 0 Å². The van der Waals surface area contributed by atoms with Gasteiger partial charge in [-0.2, -0.15) is 11.8 Å². The number of carboxylic acids is 1. The third-order valence-electron chi connectivity index (χ3n) is 18.1. The molecular formula is C76H84N11O15S2+. The summed E-state index contributed by atoms with van der Waals surface area (Å²) in [6.07, 6.45) is 1.28. The van der Waals surface area contributed by atoms with Crippen LogP contribution < -0.4 is 58.3 Å². The zero-order valence-corrected chi connectivity index (χ0v) is 59.6. The number of anilines is 1. The van der Waals surface area contributed by atoms with Crippen LogP contribution in [-0.4, -0.2) is 142 Å². The minimum atomic E-state index is -1.68. The van der Waals surface area contributed by atoms with E-state index in [0.29, 0.717) is 33.9 Å². The van der Waals surface area contributed by atoms with Crippen LogP contribution in [0.4, 0.5) is 5.69 Å². The predicted molar refractivity (Wildman–Crippen MR) is 394 cm³/mol. The lowest BCUT2D eigenvalue weighted by atomic mass is 9.77. The van der Waals surface area contributed by atoms with Gasteiger partial charge in [-0.05, 0) is 132 Å². The molecule has 1 spiro atoms. The lowest BCUT2D eigenvalue weighted by Gasteiger charge is -2.36. The number of benzene rings is 7. The summed E-state index contributed by atoms with van der Waals surface area (Å²) < 4.78 is 12.4. The van der Waals surface area contributed by atoms with Crippen molar-refractivity contribution >= 4 is 104 Å². The number of esters is 1. The van der Waals surface area contributed by atoms with Crippen LogP contribution in [-0.2, 0) is 66.3 Å². The number of thioether (sulfide) groups is 1. The van der Waals surface area contributed by atoms with Crippen molar-refractivity contribution in [3.05, 3.63) is 195 Å². The maximum atomic E-state index is 15.3. The molecule has 2 bridgehead atoms. The van der Waals surface area contributed by atoms with Gasteiger partial charge in [0, 0.05) is 82.1 Å². The summed E-state index contributed by atoms with van der Waals surface area (Å²) in [7, 11) is -0.511. The smallest absolute Gasteiger partial charge is 0.340 e. The first-order valence-corrected chi connectivity index (χ1v) is 37.1. The molecular weight excluding hydrogens is 1370 g/mol. The molecule has 2 unspecified atom stereocenters. The maximum absolute atomic E-state index is 15.3. The van der Waals surface area contributed by atoms with E-state index in [1.807, 2.05) is 79.9 Å². The second-order valence-corrected chi connectivity index (χ2v) is 29.7. The Hall–Kier alpha value is -11.1. The van der Waals surface area contributed by atoms with Crippen LogP contribution in [0.1, 0.15) is 135 Å².